The van der Waals surface area contributed by atoms with Crippen molar-refractivity contribution in [3.05, 3.63) is 101 Å². The van der Waals surface area contributed by atoms with Gasteiger partial charge in [0.15, 0.2) is 0 Å². The first-order valence-electron chi connectivity index (χ1n) is 8.40. The van der Waals surface area contributed by atoms with Crippen molar-refractivity contribution in [3.8, 4) is 0 Å². The number of allylic oxidation sites excluding steroid dienone is 1. The van der Waals surface area contributed by atoms with Crippen molar-refractivity contribution in [1.29, 1.82) is 0 Å². The van der Waals surface area contributed by atoms with Crippen LogP contribution in [0.4, 0.5) is 5.69 Å². The first kappa shape index (κ1) is 17.3. The van der Waals surface area contributed by atoms with Crippen molar-refractivity contribution in [2.45, 2.75) is 6.42 Å². The van der Waals surface area contributed by atoms with Crippen LogP contribution in [-0.4, -0.2) is 14.1 Å². The molecule has 25 heavy (non-hydrogen) atoms. The predicted octanol–water partition coefficient (Wildman–Crippen LogP) is 6.19. The molecule has 0 saturated carbocycles. The molecule has 0 bridgehead atoms. The summed E-state index contributed by atoms with van der Waals surface area (Å²) < 4.78 is 0. The minimum atomic E-state index is 0.771. The number of hydrogen-bond acceptors (Lipinski definition) is 1. The first-order valence-corrected chi connectivity index (χ1v) is 8.78. The molecule has 0 aliphatic heterocycles. The third-order valence-electron chi connectivity index (χ3n) is 4.19. The number of hydrogen-bond donors (Lipinski definition) is 0. The molecule has 0 atom stereocenters. The van der Waals surface area contributed by atoms with Gasteiger partial charge in [-0.1, -0.05) is 78.3 Å². The Bertz CT molecular complexity index is 852. The van der Waals surface area contributed by atoms with E-state index in [1.807, 2.05) is 18.2 Å². The fourth-order valence-corrected chi connectivity index (χ4v) is 3.17. The smallest absolute Gasteiger partial charge is 0.0410 e. The third-order valence-corrected chi connectivity index (χ3v) is 4.42. The second-order valence-electron chi connectivity index (χ2n) is 6.29. The fraction of sp³-hybridized carbons (Fsp3) is 0.130. The lowest BCUT2D eigenvalue weighted by molar-refractivity contribution is 1.10. The highest BCUT2D eigenvalue weighted by Crippen LogP contribution is 2.29. The topological polar surface area (TPSA) is 3.24 Å². The lowest BCUT2D eigenvalue weighted by atomic mass is 9.95. The van der Waals surface area contributed by atoms with Gasteiger partial charge in [0, 0.05) is 31.2 Å². The summed E-state index contributed by atoms with van der Waals surface area (Å²) in [5.41, 5.74) is 6.13. The van der Waals surface area contributed by atoms with Crippen LogP contribution in [0.15, 0.2) is 78.9 Å². The van der Waals surface area contributed by atoms with Crippen LogP contribution in [0.5, 0.6) is 0 Å². The summed E-state index contributed by atoms with van der Waals surface area (Å²) >= 11 is 6.27. The standard InChI is InChI=1S/C23H22ClN/c1-25(2)23-14-13-22(24)17-21(23)16-20(19-11-7-4-8-12-19)15-18-9-5-3-6-10-18/h3-15,17H,16H2,1-2H3/b20-15-. The van der Waals surface area contributed by atoms with Crippen molar-refractivity contribution < 1.29 is 0 Å². The van der Waals surface area contributed by atoms with E-state index in [0.717, 1.165) is 11.4 Å². The van der Waals surface area contributed by atoms with E-state index < -0.39 is 0 Å². The molecule has 0 aliphatic carbocycles. The van der Waals surface area contributed by atoms with Crippen molar-refractivity contribution in [1.82, 2.24) is 0 Å². The molecule has 1 nitrogen and oxygen atoms in total. The normalized spacial score (nSPS) is 11.4. The molecule has 3 aromatic rings. The van der Waals surface area contributed by atoms with Crippen LogP contribution in [0.2, 0.25) is 5.02 Å². The highest BCUT2D eigenvalue weighted by atomic mass is 35.5. The molecule has 0 radical (unpaired) electrons. The molecule has 3 aromatic carbocycles. The summed E-state index contributed by atoms with van der Waals surface area (Å²) in [6.45, 7) is 0. The molecule has 0 saturated heterocycles. The number of halogens is 1. The lowest BCUT2D eigenvalue weighted by Gasteiger charge is -2.19. The van der Waals surface area contributed by atoms with Gasteiger partial charge in [-0.2, -0.15) is 0 Å². The maximum atomic E-state index is 6.27. The zero-order chi connectivity index (χ0) is 17.6. The van der Waals surface area contributed by atoms with Gasteiger partial charge in [0.25, 0.3) is 0 Å². The van der Waals surface area contributed by atoms with Gasteiger partial charge in [0.2, 0.25) is 0 Å². The summed E-state index contributed by atoms with van der Waals surface area (Å²) in [7, 11) is 4.13. The zero-order valence-electron chi connectivity index (χ0n) is 14.6. The van der Waals surface area contributed by atoms with Crippen LogP contribution in [0.25, 0.3) is 11.6 Å². The molecule has 2 heteroatoms. The van der Waals surface area contributed by atoms with Gasteiger partial charge in [-0.15, -0.1) is 0 Å². The van der Waals surface area contributed by atoms with Gasteiger partial charge >= 0.3 is 0 Å². The summed E-state index contributed by atoms with van der Waals surface area (Å²) in [6, 6.07) is 27.1. The average molecular weight is 348 g/mol. The van der Waals surface area contributed by atoms with Crippen molar-refractivity contribution in [3.63, 3.8) is 0 Å². The highest BCUT2D eigenvalue weighted by molar-refractivity contribution is 6.30. The largest absolute Gasteiger partial charge is 0.377 e. The maximum Gasteiger partial charge on any atom is 0.0410 e. The molecular formula is C23H22ClN. The highest BCUT2D eigenvalue weighted by Gasteiger charge is 2.10. The number of anilines is 1. The Kier molecular flexibility index (Phi) is 5.57. The number of nitrogens with zero attached hydrogens (tertiary/aromatic N) is 1. The second-order valence-corrected chi connectivity index (χ2v) is 6.73. The van der Waals surface area contributed by atoms with Crippen LogP contribution in [-0.2, 0) is 6.42 Å². The Morgan fingerprint density at radius 2 is 1.52 bits per heavy atom. The van der Waals surface area contributed by atoms with E-state index in [1.165, 1.54) is 28.0 Å². The molecule has 126 valence electrons. The van der Waals surface area contributed by atoms with Crippen LogP contribution in [0.3, 0.4) is 0 Å². The van der Waals surface area contributed by atoms with Crippen molar-refractivity contribution in [2.24, 2.45) is 0 Å². The van der Waals surface area contributed by atoms with Crippen LogP contribution in [0, 0.1) is 0 Å². The lowest BCUT2D eigenvalue weighted by Crippen LogP contribution is -2.11. The molecular weight excluding hydrogens is 326 g/mol. The molecule has 0 amide bonds. The van der Waals surface area contributed by atoms with E-state index in [0.29, 0.717) is 0 Å². The molecule has 0 heterocycles. The van der Waals surface area contributed by atoms with Gasteiger partial charge in [0.05, 0.1) is 0 Å². The predicted molar refractivity (Wildman–Crippen MR) is 110 cm³/mol. The quantitative estimate of drug-likeness (QED) is 0.497. The van der Waals surface area contributed by atoms with E-state index >= 15 is 0 Å². The summed E-state index contributed by atoms with van der Waals surface area (Å²) in [5.74, 6) is 0. The van der Waals surface area contributed by atoms with Gasteiger partial charge in [-0.05, 0) is 40.5 Å². The first-order chi connectivity index (χ1) is 12.1. The summed E-state index contributed by atoms with van der Waals surface area (Å²) in [4.78, 5) is 2.14. The molecule has 0 aliphatic rings. The van der Waals surface area contributed by atoms with E-state index in [1.54, 1.807) is 0 Å². The van der Waals surface area contributed by atoms with Crippen LogP contribution < -0.4 is 4.90 Å². The van der Waals surface area contributed by atoms with Crippen molar-refractivity contribution >= 4 is 28.9 Å². The minimum Gasteiger partial charge on any atom is -0.377 e. The Morgan fingerprint density at radius 3 is 2.16 bits per heavy atom. The van der Waals surface area contributed by atoms with Gasteiger partial charge in [0.1, 0.15) is 0 Å². The van der Waals surface area contributed by atoms with E-state index in [2.05, 4.69) is 85.7 Å². The number of rotatable bonds is 5. The van der Waals surface area contributed by atoms with Crippen LogP contribution >= 0.6 is 11.6 Å². The van der Waals surface area contributed by atoms with E-state index in [4.69, 9.17) is 11.6 Å². The number of benzene rings is 3. The van der Waals surface area contributed by atoms with Gasteiger partial charge in [-0.25, -0.2) is 0 Å². The SMILES string of the molecule is CN(C)c1ccc(Cl)cc1C/C(=C/c1ccccc1)c1ccccc1. The zero-order valence-corrected chi connectivity index (χ0v) is 15.4. The Morgan fingerprint density at radius 1 is 0.880 bits per heavy atom. The third kappa shape index (κ3) is 4.52. The Hall–Kier alpha value is -2.51. The fourth-order valence-electron chi connectivity index (χ4n) is 2.98. The molecule has 0 fully saturated rings. The Labute approximate surface area is 155 Å². The van der Waals surface area contributed by atoms with Gasteiger partial charge in [-0.3, -0.25) is 0 Å². The Balaban J connectivity index is 2.05. The van der Waals surface area contributed by atoms with Crippen molar-refractivity contribution in [2.75, 3.05) is 19.0 Å². The average Bonchev–Trinajstić information content (AvgIpc) is 2.62. The molecule has 0 N–H and O–H groups in total. The summed E-state index contributed by atoms with van der Waals surface area (Å²) in [5, 5.41) is 0.771. The van der Waals surface area contributed by atoms with E-state index in [-0.39, 0.29) is 0 Å². The van der Waals surface area contributed by atoms with Crippen LogP contribution in [0.1, 0.15) is 16.7 Å². The van der Waals surface area contributed by atoms with Gasteiger partial charge < -0.3 is 4.90 Å². The minimum absolute atomic E-state index is 0.771. The molecule has 0 spiro atoms. The molecule has 0 aromatic heterocycles. The van der Waals surface area contributed by atoms with E-state index in [9.17, 15) is 0 Å². The molecule has 0 unspecified atom stereocenters. The molecule has 3 rings (SSSR count). The second kappa shape index (κ2) is 8.04. The maximum absolute atomic E-state index is 6.27. The summed E-state index contributed by atoms with van der Waals surface area (Å²) in [6.07, 6.45) is 3.09. The monoisotopic (exact) mass is 347 g/mol.